The second-order valence-electron chi connectivity index (χ2n) is 3.84. The van der Waals surface area contributed by atoms with Gasteiger partial charge in [-0.2, -0.15) is 0 Å². The van der Waals surface area contributed by atoms with Crippen molar-refractivity contribution < 1.29 is 14.6 Å². The maximum Gasteiger partial charge on any atom is 0.230 e. The third-order valence-corrected chi connectivity index (χ3v) is 3.20. The van der Waals surface area contributed by atoms with Crippen molar-refractivity contribution in [3.8, 4) is 5.75 Å². The molecular weight excluding hydrogens is 250 g/mol. The van der Waals surface area contributed by atoms with Crippen LogP contribution in [-0.2, 0) is 4.79 Å². The van der Waals surface area contributed by atoms with Crippen LogP contribution in [0.2, 0.25) is 0 Å². The summed E-state index contributed by atoms with van der Waals surface area (Å²) in [7, 11) is 0. The van der Waals surface area contributed by atoms with Gasteiger partial charge in [-0.3, -0.25) is 4.79 Å². The zero-order valence-corrected chi connectivity index (χ0v) is 11.5. The molecule has 2 N–H and O–H groups in total. The minimum atomic E-state index is -0.196. The fraction of sp³-hybridized carbons (Fsp3) is 0.462. The van der Waals surface area contributed by atoms with Crippen LogP contribution in [0.3, 0.4) is 0 Å². The molecule has 18 heavy (non-hydrogen) atoms. The summed E-state index contributed by atoms with van der Waals surface area (Å²) in [6.07, 6.45) is 0. The Morgan fingerprint density at radius 1 is 1.44 bits per heavy atom. The molecule has 0 bridgehead atoms. The Kier molecular flexibility index (Phi) is 6.60. The van der Waals surface area contributed by atoms with E-state index in [-0.39, 0.29) is 18.6 Å². The molecule has 0 fully saturated rings. The molecule has 1 rings (SSSR count). The molecule has 0 unspecified atom stereocenters. The molecule has 100 valence electrons. The monoisotopic (exact) mass is 269 g/mol. The second-order valence-corrected chi connectivity index (χ2v) is 4.89. The lowest BCUT2D eigenvalue weighted by Crippen LogP contribution is -2.36. The molecule has 1 amide bonds. The standard InChI is InChI=1S/C13H19NO3S/c1-3-17-11-4-6-12(7-5-11)18-9-13(16)14-10(2)8-15/h4-7,10,15H,3,8-9H2,1-2H3,(H,14,16)/t10-/m0/s1. The van der Waals surface area contributed by atoms with Crippen molar-refractivity contribution in [2.45, 2.75) is 24.8 Å². The summed E-state index contributed by atoms with van der Waals surface area (Å²) in [6.45, 7) is 4.31. The Bertz CT molecular complexity index is 367. The van der Waals surface area contributed by atoms with Crippen LogP contribution in [-0.4, -0.2) is 36.0 Å². The molecule has 0 aromatic heterocycles. The first-order chi connectivity index (χ1) is 8.65. The Morgan fingerprint density at radius 2 is 2.11 bits per heavy atom. The maximum atomic E-state index is 11.5. The van der Waals surface area contributed by atoms with Gasteiger partial charge in [-0.25, -0.2) is 0 Å². The van der Waals surface area contributed by atoms with Gasteiger partial charge in [0.05, 0.1) is 19.0 Å². The number of hydrogen-bond donors (Lipinski definition) is 2. The molecule has 1 aromatic carbocycles. The second kappa shape index (κ2) is 8.00. The van der Waals surface area contributed by atoms with Crippen LogP contribution in [0, 0.1) is 0 Å². The number of aliphatic hydroxyl groups is 1. The highest BCUT2D eigenvalue weighted by atomic mass is 32.2. The van der Waals surface area contributed by atoms with E-state index in [1.165, 1.54) is 11.8 Å². The molecule has 1 atom stereocenters. The van der Waals surface area contributed by atoms with Gasteiger partial charge in [0.25, 0.3) is 0 Å². The van der Waals surface area contributed by atoms with Crippen LogP contribution in [0.4, 0.5) is 0 Å². The first kappa shape index (κ1) is 14.9. The lowest BCUT2D eigenvalue weighted by atomic mass is 10.3. The van der Waals surface area contributed by atoms with Crippen LogP contribution in [0.25, 0.3) is 0 Å². The molecule has 0 heterocycles. The van der Waals surface area contributed by atoms with Gasteiger partial charge in [0.15, 0.2) is 0 Å². The van der Waals surface area contributed by atoms with Crippen molar-refractivity contribution in [3.05, 3.63) is 24.3 Å². The fourth-order valence-electron chi connectivity index (χ4n) is 1.31. The van der Waals surface area contributed by atoms with Gasteiger partial charge < -0.3 is 15.2 Å². The highest BCUT2D eigenvalue weighted by Gasteiger charge is 2.06. The smallest absolute Gasteiger partial charge is 0.230 e. The quantitative estimate of drug-likeness (QED) is 0.739. The summed E-state index contributed by atoms with van der Waals surface area (Å²) in [5.41, 5.74) is 0. The topological polar surface area (TPSA) is 58.6 Å². The first-order valence-electron chi connectivity index (χ1n) is 5.91. The van der Waals surface area contributed by atoms with E-state index >= 15 is 0 Å². The van der Waals surface area contributed by atoms with Crippen LogP contribution >= 0.6 is 11.8 Å². The number of hydrogen-bond acceptors (Lipinski definition) is 4. The van der Waals surface area contributed by atoms with E-state index < -0.39 is 0 Å². The summed E-state index contributed by atoms with van der Waals surface area (Å²) < 4.78 is 5.34. The molecule has 0 spiro atoms. The van der Waals surface area contributed by atoms with E-state index in [2.05, 4.69) is 5.32 Å². The van der Waals surface area contributed by atoms with Gasteiger partial charge in [0, 0.05) is 10.9 Å². The average Bonchev–Trinajstić information content (AvgIpc) is 2.38. The lowest BCUT2D eigenvalue weighted by molar-refractivity contribution is -0.119. The lowest BCUT2D eigenvalue weighted by Gasteiger charge is -2.10. The number of thioether (sulfide) groups is 1. The zero-order valence-electron chi connectivity index (χ0n) is 10.7. The summed E-state index contributed by atoms with van der Waals surface area (Å²) in [5, 5.41) is 11.5. The molecule has 0 aliphatic rings. The van der Waals surface area contributed by atoms with Crippen LogP contribution in [0.5, 0.6) is 5.75 Å². The molecule has 4 nitrogen and oxygen atoms in total. The van der Waals surface area contributed by atoms with E-state index in [1.54, 1.807) is 6.92 Å². The summed E-state index contributed by atoms with van der Waals surface area (Å²) >= 11 is 1.46. The minimum absolute atomic E-state index is 0.0422. The van der Waals surface area contributed by atoms with E-state index in [9.17, 15) is 4.79 Å². The predicted molar refractivity (Wildman–Crippen MR) is 73.0 cm³/mol. The summed E-state index contributed by atoms with van der Waals surface area (Å²) in [4.78, 5) is 12.5. The molecule has 0 aliphatic heterocycles. The number of carbonyl (C=O) groups excluding carboxylic acids is 1. The number of amides is 1. The molecule has 0 aliphatic carbocycles. The Morgan fingerprint density at radius 3 is 2.67 bits per heavy atom. The largest absolute Gasteiger partial charge is 0.494 e. The van der Waals surface area contributed by atoms with E-state index in [1.807, 2.05) is 31.2 Å². The Labute approximate surface area is 112 Å². The van der Waals surface area contributed by atoms with Gasteiger partial charge in [-0.05, 0) is 38.1 Å². The van der Waals surface area contributed by atoms with Crippen molar-refractivity contribution in [1.29, 1.82) is 0 Å². The van der Waals surface area contributed by atoms with Gasteiger partial charge in [0.1, 0.15) is 5.75 Å². The Hall–Kier alpha value is -1.20. The predicted octanol–water partition coefficient (Wildman–Crippen LogP) is 1.67. The number of ether oxygens (including phenoxy) is 1. The molecule has 0 radical (unpaired) electrons. The molecule has 0 saturated heterocycles. The molecule has 5 heteroatoms. The van der Waals surface area contributed by atoms with Crippen molar-refractivity contribution in [3.63, 3.8) is 0 Å². The normalized spacial score (nSPS) is 11.9. The number of rotatable bonds is 7. The van der Waals surface area contributed by atoms with Crippen LogP contribution < -0.4 is 10.1 Å². The minimum Gasteiger partial charge on any atom is -0.494 e. The van der Waals surface area contributed by atoms with Crippen molar-refractivity contribution >= 4 is 17.7 Å². The zero-order chi connectivity index (χ0) is 13.4. The highest BCUT2D eigenvalue weighted by molar-refractivity contribution is 8.00. The number of nitrogens with one attached hydrogen (secondary N) is 1. The van der Waals surface area contributed by atoms with Gasteiger partial charge in [-0.15, -0.1) is 11.8 Å². The van der Waals surface area contributed by atoms with Crippen molar-refractivity contribution in [2.24, 2.45) is 0 Å². The van der Waals surface area contributed by atoms with Gasteiger partial charge in [0.2, 0.25) is 5.91 Å². The number of aliphatic hydroxyl groups excluding tert-OH is 1. The van der Waals surface area contributed by atoms with Gasteiger partial charge in [-0.1, -0.05) is 0 Å². The third kappa shape index (κ3) is 5.42. The summed E-state index contributed by atoms with van der Waals surface area (Å²) in [5.74, 6) is 1.11. The van der Waals surface area contributed by atoms with E-state index in [0.29, 0.717) is 12.4 Å². The van der Waals surface area contributed by atoms with Crippen LogP contribution in [0.15, 0.2) is 29.2 Å². The van der Waals surface area contributed by atoms with Crippen molar-refractivity contribution in [2.75, 3.05) is 19.0 Å². The van der Waals surface area contributed by atoms with E-state index in [4.69, 9.17) is 9.84 Å². The molecular formula is C13H19NO3S. The maximum absolute atomic E-state index is 11.5. The third-order valence-electron chi connectivity index (χ3n) is 2.19. The summed E-state index contributed by atoms with van der Waals surface area (Å²) in [6, 6.07) is 7.44. The Balaban J connectivity index is 2.36. The molecule has 0 saturated carbocycles. The van der Waals surface area contributed by atoms with Crippen LogP contribution in [0.1, 0.15) is 13.8 Å². The number of benzene rings is 1. The first-order valence-corrected chi connectivity index (χ1v) is 6.90. The SMILES string of the molecule is CCOc1ccc(SCC(=O)N[C@@H](C)CO)cc1. The van der Waals surface area contributed by atoms with E-state index in [0.717, 1.165) is 10.6 Å². The fourth-order valence-corrected chi connectivity index (χ4v) is 2.02. The van der Waals surface area contributed by atoms with Gasteiger partial charge >= 0.3 is 0 Å². The highest BCUT2D eigenvalue weighted by Crippen LogP contribution is 2.21. The van der Waals surface area contributed by atoms with Crippen molar-refractivity contribution in [1.82, 2.24) is 5.32 Å². The average molecular weight is 269 g/mol. The molecule has 1 aromatic rings. The number of carbonyl (C=O) groups is 1.